The normalized spacial score (nSPS) is 11.4. The first kappa shape index (κ1) is 34.0. The Morgan fingerprint density at radius 1 is 0.293 bits per heavy atom. The molecule has 1 nitrogen and oxygen atoms in total. The minimum atomic E-state index is 1.10. The van der Waals surface area contributed by atoms with E-state index in [1.165, 1.54) is 86.2 Å². The summed E-state index contributed by atoms with van der Waals surface area (Å²) in [7, 11) is 0. The molecule has 58 heavy (non-hydrogen) atoms. The molecule has 2 heteroatoms. The summed E-state index contributed by atoms with van der Waals surface area (Å²) in [5.74, 6) is 0. The van der Waals surface area contributed by atoms with E-state index in [2.05, 4.69) is 229 Å². The quantitative estimate of drug-likeness (QED) is 0.157. The number of hydrogen-bond acceptors (Lipinski definition) is 2. The van der Waals surface area contributed by atoms with Gasteiger partial charge in [0.05, 0.1) is 5.69 Å². The van der Waals surface area contributed by atoms with Crippen molar-refractivity contribution in [3.63, 3.8) is 0 Å². The third kappa shape index (κ3) is 6.03. The minimum Gasteiger partial charge on any atom is -0.310 e. The molecule has 0 fully saturated rings. The van der Waals surface area contributed by atoms with Crippen LogP contribution in [0.3, 0.4) is 0 Å². The van der Waals surface area contributed by atoms with Crippen molar-refractivity contribution in [3.8, 4) is 44.5 Å². The van der Waals surface area contributed by atoms with Crippen LogP contribution in [0.2, 0.25) is 0 Å². The average molecular weight is 756 g/mol. The van der Waals surface area contributed by atoms with Crippen LogP contribution in [-0.4, -0.2) is 0 Å². The van der Waals surface area contributed by atoms with Gasteiger partial charge in [-0.1, -0.05) is 176 Å². The molecule has 0 bridgehead atoms. The summed E-state index contributed by atoms with van der Waals surface area (Å²) in [4.78, 5) is 2.41. The second-order valence-electron chi connectivity index (χ2n) is 14.9. The van der Waals surface area contributed by atoms with Crippen LogP contribution < -0.4 is 4.90 Å². The molecule has 11 rings (SSSR count). The van der Waals surface area contributed by atoms with E-state index in [1.54, 1.807) is 0 Å². The Morgan fingerprint density at radius 2 is 0.845 bits per heavy atom. The lowest BCUT2D eigenvalue weighted by molar-refractivity contribution is 1.28. The van der Waals surface area contributed by atoms with E-state index in [0.29, 0.717) is 0 Å². The van der Waals surface area contributed by atoms with Crippen molar-refractivity contribution in [2.45, 2.75) is 0 Å². The topological polar surface area (TPSA) is 3.24 Å². The number of benzene rings is 10. The van der Waals surface area contributed by atoms with Gasteiger partial charge in [0.15, 0.2) is 0 Å². The molecule has 0 amide bonds. The van der Waals surface area contributed by atoms with E-state index >= 15 is 0 Å². The maximum atomic E-state index is 2.41. The first-order valence-electron chi connectivity index (χ1n) is 19.8. The van der Waals surface area contributed by atoms with Crippen LogP contribution in [0.1, 0.15) is 0 Å². The Morgan fingerprint density at radius 3 is 1.69 bits per heavy atom. The second-order valence-corrected chi connectivity index (χ2v) is 15.9. The lowest BCUT2D eigenvalue weighted by Gasteiger charge is -2.28. The van der Waals surface area contributed by atoms with E-state index in [1.807, 2.05) is 11.3 Å². The number of fused-ring (bicyclic) bond motifs is 5. The Bertz CT molecular complexity index is 3280. The monoisotopic (exact) mass is 755 g/mol. The SMILES string of the molecule is c1cc(-c2ccc(N(c3ccc(-c4cccc5c4sc4ccccc45)cc3)c3ccccc3-c3ccc4ccccc4c3)cc2)cc(-c2cccc3ccccc23)c1. The molecule has 0 aliphatic rings. The molecular formula is C56H37NS. The van der Waals surface area contributed by atoms with Gasteiger partial charge in [0.1, 0.15) is 0 Å². The Kier molecular flexibility index (Phi) is 8.42. The maximum Gasteiger partial charge on any atom is 0.0540 e. The van der Waals surface area contributed by atoms with E-state index in [4.69, 9.17) is 0 Å². The molecule has 10 aromatic carbocycles. The van der Waals surface area contributed by atoms with Crippen molar-refractivity contribution in [1.82, 2.24) is 0 Å². The molecule has 0 unspecified atom stereocenters. The molecule has 0 aliphatic heterocycles. The van der Waals surface area contributed by atoms with Crippen molar-refractivity contribution in [2.24, 2.45) is 0 Å². The summed E-state index contributed by atoms with van der Waals surface area (Å²) in [5, 5.41) is 7.63. The standard InChI is InChI=1S/C56H37NS/c1-2-14-42-37-45(27-26-38(42)12-1)50-19-5-7-24-54(50)57(47-34-30-41(31-35-47)51-22-11-23-53-52-20-6-8-25-55(52)58-56(51)53)46-32-28-39(29-33-46)43-16-9-17-44(36-43)49-21-10-15-40-13-3-4-18-48(40)49/h1-37H. The van der Waals surface area contributed by atoms with Gasteiger partial charge in [0.2, 0.25) is 0 Å². The summed E-state index contributed by atoms with van der Waals surface area (Å²) >= 11 is 1.88. The smallest absolute Gasteiger partial charge is 0.0540 e. The summed E-state index contributed by atoms with van der Waals surface area (Å²) in [6, 6.07) is 81.9. The molecule has 0 radical (unpaired) electrons. The third-order valence-electron chi connectivity index (χ3n) is 11.5. The predicted molar refractivity (Wildman–Crippen MR) is 251 cm³/mol. The minimum absolute atomic E-state index is 1.10. The van der Waals surface area contributed by atoms with Gasteiger partial charge in [0, 0.05) is 37.1 Å². The Hall–Kier alpha value is -7.26. The van der Waals surface area contributed by atoms with Crippen molar-refractivity contribution in [1.29, 1.82) is 0 Å². The molecule has 0 atom stereocenters. The van der Waals surface area contributed by atoms with Crippen LogP contribution in [0.25, 0.3) is 86.2 Å². The van der Waals surface area contributed by atoms with Gasteiger partial charge >= 0.3 is 0 Å². The van der Waals surface area contributed by atoms with E-state index < -0.39 is 0 Å². The summed E-state index contributed by atoms with van der Waals surface area (Å²) in [5.41, 5.74) is 13.0. The molecule has 1 aromatic heterocycles. The van der Waals surface area contributed by atoms with Gasteiger partial charge in [-0.05, 0) is 109 Å². The van der Waals surface area contributed by atoms with Crippen molar-refractivity contribution < 1.29 is 0 Å². The lowest BCUT2D eigenvalue weighted by atomic mass is 9.95. The zero-order valence-corrected chi connectivity index (χ0v) is 32.5. The third-order valence-corrected chi connectivity index (χ3v) is 12.7. The predicted octanol–water partition coefficient (Wildman–Crippen LogP) is 16.5. The Balaban J connectivity index is 1.02. The van der Waals surface area contributed by atoms with Gasteiger partial charge in [-0.2, -0.15) is 0 Å². The van der Waals surface area contributed by atoms with Crippen LogP contribution in [0.5, 0.6) is 0 Å². The molecule has 0 aliphatic carbocycles. The number of rotatable bonds is 7. The van der Waals surface area contributed by atoms with E-state index in [-0.39, 0.29) is 0 Å². The molecule has 1 heterocycles. The lowest BCUT2D eigenvalue weighted by Crippen LogP contribution is -2.11. The highest BCUT2D eigenvalue weighted by Gasteiger charge is 2.19. The molecular weight excluding hydrogens is 719 g/mol. The van der Waals surface area contributed by atoms with Crippen LogP contribution in [0.4, 0.5) is 17.1 Å². The molecule has 0 saturated carbocycles. The summed E-state index contributed by atoms with van der Waals surface area (Å²) in [6.07, 6.45) is 0. The summed E-state index contributed by atoms with van der Waals surface area (Å²) in [6.45, 7) is 0. The van der Waals surface area contributed by atoms with Gasteiger partial charge in [-0.25, -0.2) is 0 Å². The fraction of sp³-hybridized carbons (Fsp3) is 0. The van der Waals surface area contributed by atoms with E-state index in [0.717, 1.165) is 17.1 Å². The molecule has 0 spiro atoms. The van der Waals surface area contributed by atoms with Crippen LogP contribution in [0.15, 0.2) is 224 Å². The first-order valence-corrected chi connectivity index (χ1v) is 20.6. The number of anilines is 3. The molecule has 272 valence electrons. The van der Waals surface area contributed by atoms with Crippen LogP contribution >= 0.6 is 11.3 Å². The number of thiophene rings is 1. The van der Waals surface area contributed by atoms with Gasteiger partial charge < -0.3 is 4.90 Å². The van der Waals surface area contributed by atoms with Crippen molar-refractivity contribution in [2.75, 3.05) is 4.90 Å². The fourth-order valence-electron chi connectivity index (χ4n) is 8.61. The van der Waals surface area contributed by atoms with Gasteiger partial charge in [-0.3, -0.25) is 0 Å². The number of para-hydroxylation sites is 1. The zero-order chi connectivity index (χ0) is 38.4. The van der Waals surface area contributed by atoms with Crippen molar-refractivity contribution in [3.05, 3.63) is 224 Å². The number of nitrogens with zero attached hydrogens (tertiary/aromatic N) is 1. The fourth-order valence-corrected chi connectivity index (χ4v) is 9.85. The highest BCUT2D eigenvalue weighted by atomic mass is 32.1. The average Bonchev–Trinajstić information content (AvgIpc) is 3.69. The second kappa shape index (κ2) is 14.4. The Labute approximate surface area is 342 Å². The van der Waals surface area contributed by atoms with Crippen molar-refractivity contribution >= 4 is 70.1 Å². The maximum absolute atomic E-state index is 2.41. The van der Waals surface area contributed by atoms with Crippen LogP contribution in [0, 0.1) is 0 Å². The van der Waals surface area contributed by atoms with E-state index in [9.17, 15) is 0 Å². The number of hydrogen-bond donors (Lipinski definition) is 0. The molecule has 0 N–H and O–H groups in total. The summed E-state index contributed by atoms with van der Waals surface area (Å²) < 4.78 is 2.65. The highest BCUT2D eigenvalue weighted by molar-refractivity contribution is 7.26. The highest BCUT2D eigenvalue weighted by Crippen LogP contribution is 2.44. The van der Waals surface area contributed by atoms with Gasteiger partial charge in [0.25, 0.3) is 0 Å². The zero-order valence-electron chi connectivity index (χ0n) is 31.7. The molecule has 11 aromatic rings. The largest absolute Gasteiger partial charge is 0.310 e. The van der Waals surface area contributed by atoms with Gasteiger partial charge in [-0.15, -0.1) is 11.3 Å². The molecule has 0 saturated heterocycles. The first-order chi connectivity index (χ1) is 28.7. The van der Waals surface area contributed by atoms with Crippen LogP contribution in [-0.2, 0) is 0 Å².